The molecule has 2 aliphatic rings. The first-order valence-corrected chi connectivity index (χ1v) is 12.0. The molecule has 5 rings (SSSR count). The molecule has 0 N–H and O–H groups in total. The summed E-state index contributed by atoms with van der Waals surface area (Å²) in [6, 6.07) is 15.4. The number of para-hydroxylation sites is 1. The van der Waals surface area contributed by atoms with Crippen molar-refractivity contribution in [3.63, 3.8) is 0 Å². The van der Waals surface area contributed by atoms with E-state index in [1.165, 1.54) is 10.9 Å². The summed E-state index contributed by atoms with van der Waals surface area (Å²) in [6.07, 6.45) is 3.87. The fraction of sp³-hybridized carbons (Fsp3) is 0.348. The molecular formula is C23H23N3O4S. The van der Waals surface area contributed by atoms with E-state index in [4.69, 9.17) is 0 Å². The van der Waals surface area contributed by atoms with Crippen LogP contribution in [-0.4, -0.2) is 46.1 Å². The van der Waals surface area contributed by atoms with Gasteiger partial charge >= 0.3 is 0 Å². The number of hydrogen-bond acceptors (Lipinski definition) is 5. The number of aromatic nitrogens is 2. The van der Waals surface area contributed by atoms with Crippen LogP contribution in [0.3, 0.4) is 0 Å². The Hall–Kier alpha value is -3.00. The van der Waals surface area contributed by atoms with Crippen LogP contribution in [0.25, 0.3) is 10.9 Å². The van der Waals surface area contributed by atoms with Gasteiger partial charge in [0.05, 0.1) is 27.4 Å². The molecular weight excluding hydrogens is 414 g/mol. The number of piperidine rings is 1. The van der Waals surface area contributed by atoms with Crippen molar-refractivity contribution < 1.29 is 13.2 Å². The number of sulfone groups is 1. The molecule has 31 heavy (non-hydrogen) atoms. The van der Waals surface area contributed by atoms with Gasteiger partial charge in [-0.2, -0.15) is 0 Å². The average molecular weight is 438 g/mol. The zero-order valence-electron chi connectivity index (χ0n) is 16.9. The van der Waals surface area contributed by atoms with Crippen LogP contribution in [0.2, 0.25) is 0 Å². The number of benzene rings is 2. The Kier molecular flexibility index (Phi) is 4.89. The van der Waals surface area contributed by atoms with Gasteiger partial charge in [-0.25, -0.2) is 13.4 Å². The van der Waals surface area contributed by atoms with Crippen LogP contribution in [0.15, 0.2) is 70.6 Å². The van der Waals surface area contributed by atoms with E-state index in [1.807, 2.05) is 11.0 Å². The monoisotopic (exact) mass is 437 g/mol. The largest absolute Gasteiger partial charge is 0.335 e. The lowest BCUT2D eigenvalue weighted by Gasteiger charge is -2.38. The predicted molar refractivity (Wildman–Crippen MR) is 116 cm³/mol. The van der Waals surface area contributed by atoms with Crippen molar-refractivity contribution in [1.82, 2.24) is 14.5 Å². The lowest BCUT2D eigenvalue weighted by atomic mass is 10.0. The number of carbonyl (C=O) groups excluding carboxylic acids is 1. The molecule has 2 aromatic carbocycles. The maximum atomic E-state index is 13.1. The van der Waals surface area contributed by atoms with E-state index in [1.54, 1.807) is 48.5 Å². The Morgan fingerprint density at radius 1 is 0.968 bits per heavy atom. The van der Waals surface area contributed by atoms with Gasteiger partial charge < -0.3 is 4.90 Å². The smallest absolute Gasteiger partial charge is 0.261 e. The Morgan fingerprint density at radius 2 is 1.61 bits per heavy atom. The molecule has 2 unspecified atom stereocenters. The molecule has 1 amide bonds. The van der Waals surface area contributed by atoms with Crippen LogP contribution in [-0.2, 0) is 21.2 Å². The van der Waals surface area contributed by atoms with Crippen LogP contribution in [0.4, 0.5) is 0 Å². The summed E-state index contributed by atoms with van der Waals surface area (Å²) < 4.78 is 27.5. The highest BCUT2D eigenvalue weighted by molar-refractivity contribution is 7.92. The van der Waals surface area contributed by atoms with Gasteiger partial charge in [0, 0.05) is 12.1 Å². The van der Waals surface area contributed by atoms with Crippen LogP contribution in [0.1, 0.15) is 25.7 Å². The minimum Gasteiger partial charge on any atom is -0.335 e. The number of amides is 1. The summed E-state index contributed by atoms with van der Waals surface area (Å²) in [5.41, 5.74) is 0.357. The number of carbonyl (C=O) groups is 1. The molecule has 1 aromatic heterocycles. The Balaban J connectivity index is 1.36. The second kappa shape index (κ2) is 7.60. The molecule has 3 heterocycles. The highest BCUT2D eigenvalue weighted by Crippen LogP contribution is 2.40. The first kappa shape index (κ1) is 19.9. The van der Waals surface area contributed by atoms with E-state index < -0.39 is 15.1 Å². The second-order valence-electron chi connectivity index (χ2n) is 8.33. The zero-order valence-corrected chi connectivity index (χ0v) is 17.7. The normalized spacial score (nSPS) is 23.2. The fourth-order valence-corrected chi connectivity index (χ4v) is 6.91. The molecule has 0 spiro atoms. The third kappa shape index (κ3) is 3.44. The van der Waals surface area contributed by atoms with E-state index >= 15 is 0 Å². The third-order valence-electron chi connectivity index (χ3n) is 6.53. The van der Waals surface area contributed by atoms with Crippen molar-refractivity contribution in [1.29, 1.82) is 0 Å². The van der Waals surface area contributed by atoms with Crippen molar-refractivity contribution in [2.75, 3.05) is 0 Å². The highest BCUT2D eigenvalue weighted by atomic mass is 32.2. The van der Waals surface area contributed by atoms with Crippen molar-refractivity contribution >= 4 is 26.6 Å². The van der Waals surface area contributed by atoms with E-state index in [0.29, 0.717) is 28.6 Å². The quantitative estimate of drug-likeness (QED) is 0.625. The third-order valence-corrected chi connectivity index (χ3v) is 8.72. The summed E-state index contributed by atoms with van der Waals surface area (Å²) in [7, 11) is -3.43. The highest BCUT2D eigenvalue weighted by Gasteiger charge is 2.47. The predicted octanol–water partition coefficient (Wildman–Crippen LogP) is 2.39. The molecule has 2 atom stereocenters. The topological polar surface area (TPSA) is 89.3 Å². The van der Waals surface area contributed by atoms with Gasteiger partial charge in [0.2, 0.25) is 5.91 Å². The first-order valence-electron chi connectivity index (χ1n) is 10.5. The molecule has 160 valence electrons. The van der Waals surface area contributed by atoms with Crippen molar-refractivity contribution in [3.8, 4) is 0 Å². The lowest BCUT2D eigenvalue weighted by Crippen LogP contribution is -2.51. The molecule has 0 aliphatic carbocycles. The van der Waals surface area contributed by atoms with Crippen LogP contribution < -0.4 is 5.56 Å². The van der Waals surface area contributed by atoms with Gasteiger partial charge in [0.25, 0.3) is 5.56 Å². The van der Waals surface area contributed by atoms with Gasteiger partial charge in [0.15, 0.2) is 9.84 Å². The summed E-state index contributed by atoms with van der Waals surface area (Å²) >= 11 is 0. The molecule has 2 aliphatic heterocycles. The summed E-state index contributed by atoms with van der Waals surface area (Å²) in [4.78, 5) is 32.3. The van der Waals surface area contributed by atoms with E-state index in [0.717, 1.165) is 12.8 Å². The van der Waals surface area contributed by atoms with Crippen molar-refractivity contribution in [2.45, 2.75) is 54.5 Å². The Bertz CT molecular complexity index is 1290. The van der Waals surface area contributed by atoms with Gasteiger partial charge in [-0.3, -0.25) is 14.2 Å². The number of rotatable bonds is 4. The van der Waals surface area contributed by atoms with E-state index in [2.05, 4.69) is 4.98 Å². The van der Waals surface area contributed by atoms with Crippen LogP contribution in [0, 0.1) is 0 Å². The summed E-state index contributed by atoms with van der Waals surface area (Å²) in [5, 5.41) is -0.00468. The minimum absolute atomic E-state index is 0.0836. The number of nitrogens with zero attached hydrogens (tertiary/aromatic N) is 3. The molecule has 7 nitrogen and oxygen atoms in total. The maximum absolute atomic E-state index is 13.1. The van der Waals surface area contributed by atoms with Crippen LogP contribution in [0.5, 0.6) is 0 Å². The minimum atomic E-state index is -3.43. The molecule has 0 radical (unpaired) electrons. The lowest BCUT2D eigenvalue weighted by molar-refractivity contribution is -0.136. The molecule has 2 bridgehead atoms. The summed E-state index contributed by atoms with van der Waals surface area (Å²) in [5.74, 6) is -0.151. The SMILES string of the molecule is O=C(Cn1cnc2ccccc2c1=O)N1C2CCC1CC(S(=O)(=O)c1ccccc1)C2. The molecule has 8 heteroatoms. The van der Waals surface area contributed by atoms with Crippen LogP contribution >= 0.6 is 0 Å². The maximum Gasteiger partial charge on any atom is 0.261 e. The van der Waals surface area contributed by atoms with Gasteiger partial charge in [-0.1, -0.05) is 30.3 Å². The van der Waals surface area contributed by atoms with Gasteiger partial charge in [0.1, 0.15) is 6.54 Å². The van der Waals surface area contributed by atoms with E-state index in [9.17, 15) is 18.0 Å². The number of fused-ring (bicyclic) bond motifs is 3. The van der Waals surface area contributed by atoms with Crippen molar-refractivity contribution in [2.24, 2.45) is 0 Å². The first-order chi connectivity index (χ1) is 14.9. The average Bonchev–Trinajstić information content (AvgIpc) is 3.05. The number of hydrogen-bond donors (Lipinski definition) is 0. The molecule has 2 fully saturated rings. The van der Waals surface area contributed by atoms with Gasteiger partial charge in [-0.05, 0) is 49.9 Å². The standard InChI is InChI=1S/C23H23N3O4S/c27-22(14-25-15-24-21-9-5-4-8-20(21)23(25)28)26-16-10-11-17(26)13-19(12-16)31(29,30)18-6-2-1-3-7-18/h1-9,15-17,19H,10-14H2. The van der Waals surface area contributed by atoms with Crippen molar-refractivity contribution in [3.05, 3.63) is 71.3 Å². The fourth-order valence-electron chi connectivity index (χ4n) is 5.04. The van der Waals surface area contributed by atoms with E-state index in [-0.39, 0.29) is 30.1 Å². The zero-order chi connectivity index (χ0) is 21.6. The molecule has 0 saturated carbocycles. The molecule has 2 saturated heterocycles. The Morgan fingerprint density at radius 3 is 2.32 bits per heavy atom. The Labute approximate surface area is 180 Å². The second-order valence-corrected chi connectivity index (χ2v) is 10.6. The summed E-state index contributed by atoms with van der Waals surface area (Å²) in [6.45, 7) is -0.0836. The molecule has 3 aromatic rings. The van der Waals surface area contributed by atoms with Gasteiger partial charge in [-0.15, -0.1) is 0 Å².